The van der Waals surface area contributed by atoms with Gasteiger partial charge in [0, 0.05) is 22.6 Å². The first-order valence-corrected chi connectivity index (χ1v) is 13.6. The first kappa shape index (κ1) is 27.1. The number of carboxylic acids is 1. The molecule has 2 amide bonds. The molecular formula is C32H27BrN2O5. The zero-order valence-corrected chi connectivity index (χ0v) is 23.4. The number of nitrogens with zero attached hydrogens (tertiary/aromatic N) is 1. The maximum Gasteiger partial charge on any atom is 0.411 e. The Morgan fingerprint density at radius 3 is 2.12 bits per heavy atom. The second-order valence-corrected chi connectivity index (χ2v) is 10.5. The minimum Gasteiger partial charge on any atom is -0.480 e. The summed E-state index contributed by atoms with van der Waals surface area (Å²) >= 11 is 3.44. The number of halogens is 1. The summed E-state index contributed by atoms with van der Waals surface area (Å²) in [6.45, 7) is 1.62. The number of amides is 2. The highest BCUT2D eigenvalue weighted by Gasteiger charge is 2.29. The van der Waals surface area contributed by atoms with Crippen LogP contribution in [0.5, 0.6) is 0 Å². The topological polar surface area (TPSA) is 95.9 Å². The van der Waals surface area contributed by atoms with E-state index < -0.39 is 24.5 Å². The molecule has 0 atom stereocenters. The van der Waals surface area contributed by atoms with Crippen molar-refractivity contribution in [2.45, 2.75) is 19.4 Å². The van der Waals surface area contributed by atoms with Gasteiger partial charge < -0.3 is 14.7 Å². The molecule has 202 valence electrons. The van der Waals surface area contributed by atoms with Crippen molar-refractivity contribution >= 4 is 39.6 Å². The fourth-order valence-corrected chi connectivity index (χ4v) is 5.68. The summed E-state index contributed by atoms with van der Waals surface area (Å²) in [7, 11) is 0. The van der Waals surface area contributed by atoms with Crippen LogP contribution in [0.2, 0.25) is 0 Å². The van der Waals surface area contributed by atoms with Crippen molar-refractivity contribution in [3.05, 3.63) is 123 Å². The van der Waals surface area contributed by atoms with Crippen LogP contribution in [0.15, 0.2) is 95.5 Å². The van der Waals surface area contributed by atoms with Crippen LogP contribution in [0.4, 0.5) is 10.5 Å². The molecule has 0 fully saturated rings. The van der Waals surface area contributed by atoms with E-state index in [-0.39, 0.29) is 24.6 Å². The third-order valence-electron chi connectivity index (χ3n) is 6.95. The summed E-state index contributed by atoms with van der Waals surface area (Å²) in [5.41, 5.74) is 6.65. The van der Waals surface area contributed by atoms with Crippen LogP contribution in [0.3, 0.4) is 0 Å². The molecule has 4 aromatic carbocycles. The number of rotatable bonds is 8. The number of hydrogen-bond donors (Lipinski definition) is 2. The molecule has 0 aliphatic heterocycles. The third-order valence-corrected chi connectivity index (χ3v) is 7.61. The molecule has 0 radical (unpaired) electrons. The minimum atomic E-state index is -1.12. The quantitative estimate of drug-likeness (QED) is 0.231. The Bertz CT molecular complexity index is 1540. The molecule has 0 heterocycles. The number of nitrogens with one attached hydrogen (secondary N) is 1. The summed E-state index contributed by atoms with van der Waals surface area (Å²) < 4.78 is 6.17. The van der Waals surface area contributed by atoms with E-state index in [9.17, 15) is 19.5 Å². The highest BCUT2D eigenvalue weighted by atomic mass is 79.9. The first-order valence-electron chi connectivity index (χ1n) is 12.8. The van der Waals surface area contributed by atoms with Crippen molar-refractivity contribution in [1.82, 2.24) is 4.90 Å². The van der Waals surface area contributed by atoms with Gasteiger partial charge in [-0.3, -0.25) is 14.9 Å². The standard InChI is InChI=1S/C32H27BrN2O5/c1-20-15-28(33)26(31(38)35(18-30(36)37)17-21-9-3-2-4-10-21)16-29(20)34-32(39)40-19-27-24-13-7-5-11-22(24)23-12-6-8-14-25(23)27/h2-16,27H,17-19H2,1H3,(H,34,39)(H,36,37). The van der Waals surface area contributed by atoms with Crippen molar-refractivity contribution in [3.63, 3.8) is 0 Å². The van der Waals surface area contributed by atoms with Gasteiger partial charge in [0.1, 0.15) is 13.2 Å². The van der Waals surface area contributed by atoms with E-state index in [0.29, 0.717) is 15.7 Å². The van der Waals surface area contributed by atoms with E-state index in [2.05, 4.69) is 45.5 Å². The zero-order valence-electron chi connectivity index (χ0n) is 21.8. The van der Waals surface area contributed by atoms with Gasteiger partial charge in [0.25, 0.3) is 5.91 Å². The molecule has 5 rings (SSSR count). The second kappa shape index (κ2) is 11.8. The maximum atomic E-state index is 13.5. The predicted octanol–water partition coefficient (Wildman–Crippen LogP) is 6.85. The minimum absolute atomic E-state index is 0.0798. The first-order chi connectivity index (χ1) is 19.3. The van der Waals surface area contributed by atoms with E-state index >= 15 is 0 Å². The molecule has 1 aliphatic carbocycles. The Morgan fingerprint density at radius 2 is 1.50 bits per heavy atom. The monoisotopic (exact) mass is 598 g/mol. The van der Waals surface area contributed by atoms with E-state index in [1.54, 1.807) is 19.1 Å². The fraction of sp³-hybridized carbons (Fsp3) is 0.156. The molecule has 0 bridgehead atoms. The average molecular weight is 599 g/mol. The van der Waals surface area contributed by atoms with E-state index in [1.807, 2.05) is 54.6 Å². The number of aryl methyl sites for hydroxylation is 1. The average Bonchev–Trinajstić information content (AvgIpc) is 3.26. The Labute approximate surface area is 240 Å². The molecule has 0 saturated heterocycles. The molecule has 0 aromatic heterocycles. The second-order valence-electron chi connectivity index (χ2n) is 9.64. The van der Waals surface area contributed by atoms with Crippen LogP contribution in [0.1, 0.15) is 38.5 Å². The molecule has 40 heavy (non-hydrogen) atoms. The van der Waals surface area contributed by atoms with Crippen molar-refractivity contribution in [1.29, 1.82) is 0 Å². The van der Waals surface area contributed by atoms with Crippen molar-refractivity contribution < 1.29 is 24.2 Å². The summed E-state index contributed by atoms with van der Waals surface area (Å²) in [6, 6.07) is 28.6. The lowest BCUT2D eigenvalue weighted by Gasteiger charge is -2.22. The Kier molecular flexibility index (Phi) is 7.98. The van der Waals surface area contributed by atoms with E-state index in [0.717, 1.165) is 27.8 Å². The van der Waals surface area contributed by atoms with Crippen LogP contribution in [-0.2, 0) is 16.1 Å². The zero-order chi connectivity index (χ0) is 28.2. The lowest BCUT2D eigenvalue weighted by Crippen LogP contribution is -2.35. The number of carbonyl (C=O) groups is 3. The van der Waals surface area contributed by atoms with Crippen LogP contribution in [0.25, 0.3) is 11.1 Å². The van der Waals surface area contributed by atoms with Crippen LogP contribution in [-0.4, -0.2) is 41.1 Å². The highest BCUT2D eigenvalue weighted by Crippen LogP contribution is 2.44. The van der Waals surface area contributed by atoms with Crippen molar-refractivity contribution in [2.75, 3.05) is 18.5 Å². The van der Waals surface area contributed by atoms with Crippen LogP contribution in [0, 0.1) is 6.92 Å². The largest absolute Gasteiger partial charge is 0.480 e. The fourth-order valence-electron chi connectivity index (χ4n) is 5.05. The molecule has 2 N–H and O–H groups in total. The molecule has 0 spiro atoms. The number of hydrogen-bond acceptors (Lipinski definition) is 4. The number of ether oxygens (including phenoxy) is 1. The van der Waals surface area contributed by atoms with Crippen molar-refractivity contribution in [3.8, 4) is 11.1 Å². The lowest BCUT2D eigenvalue weighted by molar-refractivity contribution is -0.137. The molecule has 0 saturated carbocycles. The molecule has 1 aliphatic rings. The molecule has 4 aromatic rings. The Hall–Kier alpha value is -4.43. The highest BCUT2D eigenvalue weighted by molar-refractivity contribution is 9.10. The van der Waals surface area contributed by atoms with Crippen molar-refractivity contribution in [2.24, 2.45) is 0 Å². The number of benzene rings is 4. The normalized spacial score (nSPS) is 11.8. The Balaban J connectivity index is 1.32. The Morgan fingerprint density at radius 1 is 0.900 bits per heavy atom. The van der Waals surface area contributed by atoms with Gasteiger partial charge in [0.15, 0.2) is 0 Å². The number of aliphatic carboxylic acids is 1. The van der Waals surface area contributed by atoms with Gasteiger partial charge in [-0.25, -0.2) is 4.79 Å². The molecule has 8 heteroatoms. The number of anilines is 1. The molecule has 7 nitrogen and oxygen atoms in total. The van der Waals surface area contributed by atoms with E-state index in [4.69, 9.17) is 4.74 Å². The van der Waals surface area contributed by atoms with Crippen LogP contribution >= 0.6 is 15.9 Å². The molecule has 0 unspecified atom stereocenters. The van der Waals surface area contributed by atoms with Crippen LogP contribution < -0.4 is 5.32 Å². The summed E-state index contributed by atoms with van der Waals surface area (Å²) in [4.78, 5) is 39.2. The van der Waals surface area contributed by atoms with Gasteiger partial charge in [0.2, 0.25) is 0 Å². The maximum absolute atomic E-state index is 13.5. The SMILES string of the molecule is Cc1cc(Br)c(C(=O)N(CC(=O)O)Cc2ccccc2)cc1NC(=O)OCC1c2ccccc2-c2ccccc21. The number of fused-ring (bicyclic) bond motifs is 3. The van der Waals surface area contributed by atoms with Gasteiger partial charge in [-0.05, 0) is 68.4 Å². The smallest absolute Gasteiger partial charge is 0.411 e. The predicted molar refractivity (Wildman–Crippen MR) is 156 cm³/mol. The summed E-state index contributed by atoms with van der Waals surface area (Å²) in [5, 5.41) is 12.2. The van der Waals surface area contributed by atoms with Gasteiger partial charge in [-0.2, -0.15) is 0 Å². The molecular weight excluding hydrogens is 572 g/mol. The number of carboxylic acid groups (broad SMARTS) is 1. The van der Waals surface area contributed by atoms with Gasteiger partial charge in [0.05, 0.1) is 5.56 Å². The summed E-state index contributed by atoms with van der Waals surface area (Å²) in [6.07, 6.45) is -0.641. The van der Waals surface area contributed by atoms with E-state index in [1.165, 1.54) is 4.90 Å². The lowest BCUT2D eigenvalue weighted by atomic mass is 9.98. The van der Waals surface area contributed by atoms with Gasteiger partial charge >= 0.3 is 12.1 Å². The number of carbonyl (C=O) groups excluding carboxylic acids is 2. The summed E-state index contributed by atoms with van der Waals surface area (Å²) in [5.74, 6) is -1.68. The van der Waals surface area contributed by atoms with Gasteiger partial charge in [-0.15, -0.1) is 0 Å². The van der Waals surface area contributed by atoms with Gasteiger partial charge in [-0.1, -0.05) is 78.9 Å². The third kappa shape index (κ3) is 5.77.